The van der Waals surface area contributed by atoms with Crippen LogP contribution < -0.4 is 19.9 Å². The number of methoxy groups -OCH3 is 2. The zero-order chi connectivity index (χ0) is 20.0. The molecule has 0 amide bonds. The van der Waals surface area contributed by atoms with Gasteiger partial charge < -0.3 is 19.9 Å². The van der Waals surface area contributed by atoms with Gasteiger partial charge in [-0.15, -0.1) is 0 Å². The highest BCUT2D eigenvalue weighted by Gasteiger charge is 2.18. The molecule has 0 aliphatic carbocycles. The molecular weight excluding hydrogens is 342 g/mol. The predicted molar refractivity (Wildman–Crippen MR) is 109 cm³/mol. The summed E-state index contributed by atoms with van der Waals surface area (Å²) < 4.78 is 16.2. The number of allylic oxidation sites excluding steroid dienone is 1. The van der Waals surface area contributed by atoms with Crippen LogP contribution in [0.2, 0.25) is 0 Å². The van der Waals surface area contributed by atoms with Crippen LogP contribution in [0.25, 0.3) is 6.08 Å². The normalized spacial score (nSPS) is 11.4. The van der Waals surface area contributed by atoms with Gasteiger partial charge in [-0.3, -0.25) is 4.79 Å². The molecule has 2 rings (SSSR count). The van der Waals surface area contributed by atoms with Crippen molar-refractivity contribution in [2.45, 2.75) is 20.8 Å². The van der Waals surface area contributed by atoms with Crippen molar-refractivity contribution < 1.29 is 19.0 Å². The summed E-state index contributed by atoms with van der Waals surface area (Å²) in [6.45, 7) is 6.37. The number of ketones is 1. The van der Waals surface area contributed by atoms with Gasteiger partial charge in [0.15, 0.2) is 5.78 Å². The maximum absolute atomic E-state index is 13.1. The van der Waals surface area contributed by atoms with Gasteiger partial charge in [-0.1, -0.05) is 13.8 Å². The Morgan fingerprint density at radius 3 is 2.33 bits per heavy atom. The van der Waals surface area contributed by atoms with E-state index in [0.29, 0.717) is 40.7 Å². The molecule has 5 nitrogen and oxygen atoms in total. The highest BCUT2D eigenvalue weighted by atomic mass is 16.5. The summed E-state index contributed by atoms with van der Waals surface area (Å²) in [6.07, 6.45) is 1.85. The van der Waals surface area contributed by atoms with Crippen molar-refractivity contribution in [1.29, 1.82) is 0 Å². The third-order valence-electron chi connectivity index (χ3n) is 4.20. The van der Waals surface area contributed by atoms with Crippen molar-refractivity contribution >= 4 is 17.5 Å². The molecule has 0 fully saturated rings. The van der Waals surface area contributed by atoms with E-state index in [1.54, 1.807) is 32.4 Å². The molecule has 144 valence electrons. The molecule has 2 aromatic rings. The van der Waals surface area contributed by atoms with Crippen LogP contribution >= 0.6 is 0 Å². The summed E-state index contributed by atoms with van der Waals surface area (Å²) in [5.74, 6) is 1.89. The minimum absolute atomic E-state index is 0.0150. The summed E-state index contributed by atoms with van der Waals surface area (Å²) in [6, 6.07) is 10.6. The zero-order valence-corrected chi connectivity index (χ0v) is 16.5. The van der Waals surface area contributed by atoms with Crippen LogP contribution in [0.5, 0.6) is 17.2 Å². The second-order valence-corrected chi connectivity index (χ2v) is 6.38. The van der Waals surface area contributed by atoms with E-state index in [-0.39, 0.29) is 11.7 Å². The van der Waals surface area contributed by atoms with Crippen molar-refractivity contribution in [2.24, 2.45) is 5.92 Å². The Morgan fingerprint density at radius 1 is 1.07 bits per heavy atom. The van der Waals surface area contributed by atoms with E-state index >= 15 is 0 Å². The summed E-state index contributed by atoms with van der Waals surface area (Å²) in [4.78, 5) is 13.1. The molecule has 0 aliphatic rings. The fourth-order valence-electron chi connectivity index (χ4n) is 2.76. The van der Waals surface area contributed by atoms with Crippen molar-refractivity contribution in [3.63, 3.8) is 0 Å². The van der Waals surface area contributed by atoms with Crippen LogP contribution in [0.3, 0.4) is 0 Å². The van der Waals surface area contributed by atoms with Gasteiger partial charge in [-0.2, -0.15) is 0 Å². The SMILES string of the molecule is CCOc1ccc(C(=O)/C(=C/c2cc(OC)ccc2OC)C(C)C)cc1N. The molecule has 0 unspecified atom stereocenters. The maximum Gasteiger partial charge on any atom is 0.189 e. The molecule has 5 heteroatoms. The monoisotopic (exact) mass is 369 g/mol. The molecule has 0 saturated carbocycles. The topological polar surface area (TPSA) is 70.8 Å². The number of carbonyl (C=O) groups is 1. The number of anilines is 1. The Hall–Kier alpha value is -2.95. The van der Waals surface area contributed by atoms with Crippen molar-refractivity contribution in [2.75, 3.05) is 26.6 Å². The number of hydrogen-bond acceptors (Lipinski definition) is 5. The van der Waals surface area contributed by atoms with E-state index in [2.05, 4.69) is 0 Å². The molecule has 0 bridgehead atoms. The second kappa shape index (κ2) is 9.12. The molecule has 0 aromatic heterocycles. The Kier molecular flexibility index (Phi) is 6.88. The standard InChI is InChI=1S/C22H27NO4/c1-6-27-21-9-7-15(13-19(21)23)22(24)18(14(2)3)12-16-11-17(25-4)8-10-20(16)26-5/h7-14H,6,23H2,1-5H3/b18-12+. The van der Waals surface area contributed by atoms with E-state index in [4.69, 9.17) is 19.9 Å². The van der Waals surface area contributed by atoms with Gasteiger partial charge in [0, 0.05) is 16.7 Å². The van der Waals surface area contributed by atoms with Crippen molar-refractivity contribution in [3.05, 3.63) is 53.1 Å². The first kappa shape index (κ1) is 20.4. The van der Waals surface area contributed by atoms with Crippen LogP contribution in [0.4, 0.5) is 5.69 Å². The van der Waals surface area contributed by atoms with Crippen LogP contribution in [-0.4, -0.2) is 26.6 Å². The van der Waals surface area contributed by atoms with Gasteiger partial charge >= 0.3 is 0 Å². The average Bonchev–Trinajstić information content (AvgIpc) is 2.66. The molecule has 27 heavy (non-hydrogen) atoms. The molecule has 0 aliphatic heterocycles. The lowest BCUT2D eigenvalue weighted by atomic mass is 9.92. The van der Waals surface area contributed by atoms with Crippen LogP contribution in [-0.2, 0) is 0 Å². The average molecular weight is 369 g/mol. The molecule has 0 saturated heterocycles. The highest BCUT2D eigenvalue weighted by molar-refractivity contribution is 6.12. The Balaban J connectivity index is 2.47. The molecule has 0 atom stereocenters. The smallest absolute Gasteiger partial charge is 0.189 e. The van der Waals surface area contributed by atoms with Gasteiger partial charge in [0.05, 0.1) is 26.5 Å². The Bertz CT molecular complexity index is 840. The molecule has 0 heterocycles. The first-order valence-electron chi connectivity index (χ1n) is 8.91. The van der Waals surface area contributed by atoms with E-state index < -0.39 is 0 Å². The lowest BCUT2D eigenvalue weighted by Crippen LogP contribution is -2.10. The molecule has 2 aromatic carbocycles. The fraction of sp³-hybridized carbons (Fsp3) is 0.318. The molecule has 0 radical (unpaired) electrons. The fourth-order valence-corrected chi connectivity index (χ4v) is 2.76. The molecular formula is C22H27NO4. The Labute approximate surface area is 160 Å². The van der Waals surface area contributed by atoms with Gasteiger partial charge in [0.1, 0.15) is 17.2 Å². The first-order chi connectivity index (χ1) is 12.9. The van der Waals surface area contributed by atoms with Gasteiger partial charge in [-0.25, -0.2) is 0 Å². The lowest BCUT2D eigenvalue weighted by molar-refractivity contribution is 0.102. The summed E-state index contributed by atoms with van der Waals surface area (Å²) in [5, 5.41) is 0. The van der Waals surface area contributed by atoms with E-state index in [9.17, 15) is 4.79 Å². The number of hydrogen-bond donors (Lipinski definition) is 1. The summed E-state index contributed by atoms with van der Waals surface area (Å²) in [5.41, 5.74) is 8.44. The predicted octanol–water partition coefficient (Wildman–Crippen LogP) is 4.61. The second-order valence-electron chi connectivity index (χ2n) is 6.38. The first-order valence-corrected chi connectivity index (χ1v) is 8.91. The summed E-state index contributed by atoms with van der Waals surface area (Å²) >= 11 is 0. The minimum Gasteiger partial charge on any atom is -0.497 e. The highest BCUT2D eigenvalue weighted by Crippen LogP contribution is 2.30. The quantitative estimate of drug-likeness (QED) is 0.418. The van der Waals surface area contributed by atoms with Crippen LogP contribution in [0, 0.1) is 5.92 Å². The van der Waals surface area contributed by atoms with Crippen LogP contribution in [0.15, 0.2) is 42.0 Å². The third kappa shape index (κ3) is 4.82. The number of nitrogen functional groups attached to an aromatic ring is 1. The van der Waals surface area contributed by atoms with Crippen LogP contribution in [0.1, 0.15) is 36.7 Å². The van der Waals surface area contributed by atoms with Gasteiger partial charge in [0.2, 0.25) is 0 Å². The third-order valence-corrected chi connectivity index (χ3v) is 4.20. The van der Waals surface area contributed by atoms with Gasteiger partial charge in [0.25, 0.3) is 0 Å². The largest absolute Gasteiger partial charge is 0.497 e. The van der Waals surface area contributed by atoms with E-state index in [1.807, 2.05) is 45.0 Å². The molecule has 2 N–H and O–H groups in total. The lowest BCUT2D eigenvalue weighted by Gasteiger charge is -2.14. The van der Waals surface area contributed by atoms with E-state index in [1.165, 1.54) is 0 Å². The number of Topliss-reactive ketones (excluding diaryl/α,β-unsaturated/α-hetero) is 1. The maximum atomic E-state index is 13.1. The van der Waals surface area contributed by atoms with E-state index in [0.717, 1.165) is 5.56 Å². The number of carbonyl (C=O) groups excluding carboxylic acids is 1. The molecule has 0 spiro atoms. The number of rotatable bonds is 8. The van der Waals surface area contributed by atoms with Crippen molar-refractivity contribution in [3.8, 4) is 17.2 Å². The minimum atomic E-state index is -0.0791. The van der Waals surface area contributed by atoms with Gasteiger partial charge in [-0.05, 0) is 55.3 Å². The number of nitrogens with two attached hydrogens (primary N) is 1. The zero-order valence-electron chi connectivity index (χ0n) is 16.5. The van der Waals surface area contributed by atoms with Crippen molar-refractivity contribution in [1.82, 2.24) is 0 Å². The Morgan fingerprint density at radius 2 is 1.78 bits per heavy atom. The number of ether oxygens (including phenoxy) is 3. The summed E-state index contributed by atoms with van der Waals surface area (Å²) in [7, 11) is 3.20. The number of benzene rings is 2.